The maximum atomic E-state index is 2.52. The van der Waals surface area contributed by atoms with E-state index in [9.17, 15) is 0 Å². The van der Waals surface area contributed by atoms with E-state index in [1.54, 1.807) is 0 Å². The molecular formula is C30H27BS. The highest BCUT2D eigenvalue weighted by Crippen LogP contribution is 2.39. The average Bonchev–Trinajstić information content (AvgIpc) is 3.21. The minimum Gasteiger partial charge on any atom is -0.150 e. The van der Waals surface area contributed by atoms with E-state index in [0.29, 0.717) is 0 Å². The van der Waals surface area contributed by atoms with E-state index in [1.807, 2.05) is 11.3 Å². The maximum Gasteiger partial charge on any atom is 0.153 e. The highest BCUT2D eigenvalue weighted by atomic mass is 32.1. The molecule has 0 nitrogen and oxygen atoms in total. The van der Waals surface area contributed by atoms with Crippen LogP contribution in [0, 0.1) is 0 Å². The smallest absolute Gasteiger partial charge is 0.150 e. The molecule has 0 aliphatic heterocycles. The lowest BCUT2D eigenvalue weighted by Gasteiger charge is -2.21. The summed E-state index contributed by atoms with van der Waals surface area (Å²) in [5, 5.41) is 4.40. The molecule has 2 heteroatoms. The molecule has 0 N–H and O–H groups in total. The van der Waals surface area contributed by atoms with Crippen molar-refractivity contribution in [1.82, 2.24) is 0 Å². The van der Waals surface area contributed by atoms with Crippen molar-refractivity contribution in [3.63, 3.8) is 0 Å². The Bertz CT molecular complexity index is 1460. The van der Waals surface area contributed by atoms with Crippen molar-refractivity contribution < 1.29 is 0 Å². The maximum absolute atomic E-state index is 2.52. The third-order valence-electron chi connectivity index (χ3n) is 6.93. The Kier molecular flexibility index (Phi) is 5.12. The molecule has 0 amide bonds. The normalized spacial score (nSPS) is 17.4. The van der Waals surface area contributed by atoms with E-state index in [1.165, 1.54) is 58.7 Å². The van der Waals surface area contributed by atoms with E-state index < -0.39 is 0 Å². The summed E-state index contributed by atoms with van der Waals surface area (Å²) in [7, 11) is 2.31. The molecule has 2 aromatic carbocycles. The number of hydrogen-bond acceptors (Lipinski definition) is 1. The molecule has 3 aromatic rings. The van der Waals surface area contributed by atoms with Gasteiger partial charge in [0.2, 0.25) is 0 Å². The molecule has 32 heavy (non-hydrogen) atoms. The highest BCUT2D eigenvalue weighted by molar-refractivity contribution is 7.27. The monoisotopic (exact) mass is 430 g/mol. The van der Waals surface area contributed by atoms with Crippen LogP contribution in [0.1, 0.15) is 49.7 Å². The van der Waals surface area contributed by atoms with Crippen LogP contribution < -0.4 is 15.2 Å². The average molecular weight is 430 g/mol. The Balaban J connectivity index is 1.82. The first kappa shape index (κ1) is 19.8. The number of hydrogen-bond donors (Lipinski definition) is 0. The summed E-state index contributed by atoms with van der Waals surface area (Å²) in [6.07, 6.45) is 25.9. The van der Waals surface area contributed by atoms with Crippen LogP contribution in [0.15, 0.2) is 66.8 Å². The standard InChI is InChI=1S/C30H27BS/c31-30-27(22-16-8-3-9-17-22)28-24-19-11-10-18-23(24)25(20-12-4-1-5-13-20)26(29(28)32-30)21-14-6-2-7-15-21/h1,3-4,6,8-9,12,14-19H,2,5,7,10-11,13,31H2. The molecule has 1 heterocycles. The molecule has 0 saturated heterocycles. The van der Waals surface area contributed by atoms with Gasteiger partial charge in [0.1, 0.15) is 0 Å². The van der Waals surface area contributed by atoms with Crippen molar-refractivity contribution in [2.75, 3.05) is 0 Å². The summed E-state index contributed by atoms with van der Waals surface area (Å²) in [6.45, 7) is 0. The van der Waals surface area contributed by atoms with Gasteiger partial charge in [-0.25, -0.2) is 0 Å². The molecular weight excluding hydrogens is 403 g/mol. The van der Waals surface area contributed by atoms with E-state index >= 15 is 0 Å². The van der Waals surface area contributed by atoms with Crippen LogP contribution in [0.3, 0.4) is 0 Å². The summed E-state index contributed by atoms with van der Waals surface area (Å²) < 4.78 is 2.89. The lowest BCUT2D eigenvalue weighted by molar-refractivity contribution is 1.04. The predicted molar refractivity (Wildman–Crippen MR) is 146 cm³/mol. The van der Waals surface area contributed by atoms with Crippen molar-refractivity contribution in [2.24, 2.45) is 0 Å². The van der Waals surface area contributed by atoms with E-state index in [0.717, 1.165) is 38.5 Å². The summed E-state index contributed by atoms with van der Waals surface area (Å²) in [5.41, 5.74) is 8.64. The van der Waals surface area contributed by atoms with Crippen LogP contribution in [-0.2, 0) is 0 Å². The van der Waals surface area contributed by atoms with Crippen molar-refractivity contribution in [3.05, 3.63) is 88.4 Å². The van der Waals surface area contributed by atoms with Crippen molar-refractivity contribution in [3.8, 4) is 11.1 Å². The second-order valence-electron chi connectivity index (χ2n) is 8.96. The second kappa shape index (κ2) is 8.26. The fraction of sp³-hybridized carbons (Fsp3) is 0.200. The SMILES string of the molecule is Bc1sc2c(C3=CCCC=C3)c(C3=CC=CCC3)c3c(c2c1-c1ccccc1)=CCCC=3. The topological polar surface area (TPSA) is 0 Å². The van der Waals surface area contributed by atoms with Gasteiger partial charge >= 0.3 is 0 Å². The van der Waals surface area contributed by atoms with Crippen LogP contribution in [-0.4, -0.2) is 7.85 Å². The Morgan fingerprint density at radius 1 is 0.750 bits per heavy atom. The van der Waals surface area contributed by atoms with E-state index in [-0.39, 0.29) is 0 Å². The number of allylic oxidation sites excluding steroid dienone is 8. The zero-order valence-corrected chi connectivity index (χ0v) is 19.5. The predicted octanol–water partition coefficient (Wildman–Crippen LogP) is 5.65. The highest BCUT2D eigenvalue weighted by Gasteiger charge is 2.24. The summed E-state index contributed by atoms with van der Waals surface area (Å²) in [6, 6.07) is 11.0. The number of rotatable bonds is 3. The van der Waals surface area contributed by atoms with Gasteiger partial charge in [0.05, 0.1) is 0 Å². The Labute approximate surface area is 195 Å². The van der Waals surface area contributed by atoms with Gasteiger partial charge in [-0.3, -0.25) is 0 Å². The van der Waals surface area contributed by atoms with Gasteiger partial charge in [-0.1, -0.05) is 78.9 Å². The second-order valence-corrected chi connectivity index (χ2v) is 10.2. The van der Waals surface area contributed by atoms with E-state index in [4.69, 9.17) is 0 Å². The van der Waals surface area contributed by atoms with Crippen molar-refractivity contribution >= 4 is 57.3 Å². The van der Waals surface area contributed by atoms with Crippen LogP contribution in [0.5, 0.6) is 0 Å². The number of benzene rings is 2. The van der Waals surface area contributed by atoms with Gasteiger partial charge < -0.3 is 0 Å². The van der Waals surface area contributed by atoms with Gasteiger partial charge in [0, 0.05) is 15.6 Å². The number of fused-ring (bicyclic) bond motifs is 3. The van der Waals surface area contributed by atoms with E-state index in [2.05, 4.69) is 86.8 Å². The molecule has 0 unspecified atom stereocenters. The fourth-order valence-corrected chi connectivity index (χ4v) is 6.81. The lowest BCUT2D eigenvalue weighted by atomic mass is 9.82. The number of thiophene rings is 1. The molecule has 3 aliphatic carbocycles. The summed E-state index contributed by atoms with van der Waals surface area (Å²) >= 11 is 1.99. The third kappa shape index (κ3) is 3.21. The van der Waals surface area contributed by atoms with Crippen LogP contribution in [0.2, 0.25) is 0 Å². The minimum absolute atomic E-state index is 1.13. The fourth-order valence-electron chi connectivity index (χ4n) is 5.55. The summed E-state index contributed by atoms with van der Waals surface area (Å²) in [4.78, 5) is 0. The Hall–Kier alpha value is -2.84. The van der Waals surface area contributed by atoms with Gasteiger partial charge in [0.15, 0.2) is 7.85 Å². The molecule has 156 valence electrons. The zero-order valence-electron chi connectivity index (χ0n) is 18.7. The molecule has 0 spiro atoms. The Morgan fingerprint density at radius 3 is 2.31 bits per heavy atom. The lowest BCUT2D eigenvalue weighted by Crippen LogP contribution is -2.32. The van der Waals surface area contributed by atoms with Crippen molar-refractivity contribution in [1.29, 1.82) is 0 Å². The molecule has 1 aromatic heterocycles. The first-order valence-electron chi connectivity index (χ1n) is 11.9. The third-order valence-corrected chi connectivity index (χ3v) is 8.06. The van der Waals surface area contributed by atoms with Crippen LogP contribution in [0.25, 0.3) is 44.5 Å². The van der Waals surface area contributed by atoms with Gasteiger partial charge in [-0.2, -0.15) is 0 Å². The van der Waals surface area contributed by atoms with Gasteiger partial charge in [0.25, 0.3) is 0 Å². The minimum atomic E-state index is 1.13. The van der Waals surface area contributed by atoms with Gasteiger partial charge in [-0.15, -0.1) is 11.3 Å². The Morgan fingerprint density at radius 2 is 1.56 bits per heavy atom. The molecule has 0 atom stereocenters. The molecule has 0 bridgehead atoms. The molecule has 0 fully saturated rings. The van der Waals surface area contributed by atoms with Gasteiger partial charge in [-0.05, 0) is 81.6 Å². The first-order valence-corrected chi connectivity index (χ1v) is 12.7. The zero-order chi connectivity index (χ0) is 21.5. The van der Waals surface area contributed by atoms with Crippen LogP contribution >= 0.6 is 11.3 Å². The quantitative estimate of drug-likeness (QED) is 0.471. The summed E-state index contributed by atoms with van der Waals surface area (Å²) in [5.74, 6) is 0. The largest absolute Gasteiger partial charge is 0.153 e. The van der Waals surface area contributed by atoms with Crippen LogP contribution in [0.4, 0.5) is 0 Å². The molecule has 0 saturated carbocycles. The van der Waals surface area contributed by atoms with Crippen molar-refractivity contribution in [2.45, 2.75) is 38.5 Å². The molecule has 0 radical (unpaired) electrons. The molecule has 3 aliphatic rings. The molecule has 6 rings (SSSR count). The first-order chi connectivity index (χ1) is 15.8.